The maximum Gasteiger partial charge on any atom is 0.336 e. The van der Waals surface area contributed by atoms with Gasteiger partial charge >= 0.3 is 23.9 Å². The summed E-state index contributed by atoms with van der Waals surface area (Å²) in [6, 6.07) is 19.2. The second kappa shape index (κ2) is 18.6. The fraction of sp³-hybridized carbons (Fsp3) is 0. The molecule has 0 aromatic heterocycles. The number of benzene rings is 8. The van der Waals surface area contributed by atoms with Crippen molar-refractivity contribution in [3.63, 3.8) is 0 Å². The van der Waals surface area contributed by atoms with E-state index in [0.29, 0.717) is 11.1 Å². The lowest BCUT2D eigenvalue weighted by atomic mass is 9.86. The van der Waals surface area contributed by atoms with Gasteiger partial charge in [0.2, 0.25) is 0 Å². The van der Waals surface area contributed by atoms with Gasteiger partial charge in [-0.05, 0) is 81.9 Å². The lowest BCUT2D eigenvalue weighted by Crippen LogP contribution is -2.42. The van der Waals surface area contributed by atoms with E-state index in [9.17, 15) is 48.6 Å². The summed E-state index contributed by atoms with van der Waals surface area (Å²) < 4.78 is 131. The third-order valence-corrected chi connectivity index (χ3v) is 13.0. The highest BCUT2D eigenvalue weighted by atomic mass is 19.2. The predicted octanol–water partition coefficient (Wildman–Crippen LogP) is 11.3. The summed E-state index contributed by atoms with van der Waals surface area (Å²) in [6.45, 7) is 0. The number of carbonyl (C=O) groups is 8. The third-order valence-electron chi connectivity index (χ3n) is 13.0. The Morgan fingerprint density at radius 1 is 0.346 bits per heavy atom. The Morgan fingerprint density at radius 2 is 0.615 bits per heavy atom. The number of carboxylic acid groups (broad SMARTS) is 4. The lowest BCUT2D eigenvalue weighted by molar-refractivity contribution is -0.132. The number of hydrogen-bond acceptors (Lipinski definition) is 8. The molecule has 10 rings (SSSR count). The van der Waals surface area contributed by atoms with E-state index in [-0.39, 0.29) is 33.0 Å². The Hall–Kier alpha value is -10.6. The van der Waals surface area contributed by atoms with Gasteiger partial charge in [0.25, 0.3) is 23.6 Å². The monoisotopic (exact) mass is 1070 g/mol. The minimum atomic E-state index is -2.83. The number of nitrogens with zero attached hydrogens (tertiary/aromatic N) is 2. The molecule has 4 amide bonds. The second-order valence-corrected chi connectivity index (χ2v) is 17.2. The van der Waals surface area contributed by atoms with Crippen LogP contribution < -0.4 is 9.80 Å². The molecular formula is C56H24F8N2O12. The maximum atomic E-state index is 16.4. The van der Waals surface area contributed by atoms with Crippen molar-refractivity contribution in [2.75, 3.05) is 9.80 Å². The van der Waals surface area contributed by atoms with Crippen LogP contribution in [0, 0.1) is 46.5 Å². The van der Waals surface area contributed by atoms with Crippen LogP contribution in [0.25, 0.3) is 67.1 Å². The highest BCUT2D eigenvalue weighted by Crippen LogP contribution is 2.47. The molecule has 4 N–H and O–H groups in total. The van der Waals surface area contributed by atoms with Gasteiger partial charge in [-0.25, -0.2) is 64.1 Å². The standard InChI is InChI=1S/C56H24F8N2O12/c57-41-39(42(58)46(62)49(45(41)61)65-51(71)27-13-11-25(23-7-1-21(2-8-23)5-19-33(67)68)35-31(55(75)76)17-15-29(37(27)35)53(65)73)40-43(59)47(63)50(48(64)44(40)60)66-52(72)28-14-12-26(24-9-3-22(4-10-24)6-20-34(69)70)36-32(56(77)78)18-16-30(38(28)36)54(66)74/h1-20H,(H,67,68)(H,69,70)(H,75,76)(H,77,78)/b19-5+,20-6+. The number of aliphatic carboxylic acids is 2. The van der Waals surface area contributed by atoms with Crippen LogP contribution in [0.5, 0.6) is 0 Å². The predicted molar refractivity (Wildman–Crippen MR) is 260 cm³/mol. The van der Waals surface area contributed by atoms with E-state index >= 15 is 35.1 Å². The van der Waals surface area contributed by atoms with Gasteiger partial charge in [0.05, 0.1) is 22.3 Å². The highest BCUT2D eigenvalue weighted by Gasteiger charge is 2.45. The number of anilines is 2. The minimum absolute atomic E-state index is 0.0679. The molecule has 2 aliphatic rings. The summed E-state index contributed by atoms with van der Waals surface area (Å²) in [4.78, 5) is 103. The first-order valence-electron chi connectivity index (χ1n) is 22.2. The Morgan fingerprint density at radius 3 is 0.885 bits per heavy atom. The van der Waals surface area contributed by atoms with E-state index < -0.39 is 170 Å². The number of halogens is 8. The molecular weight excluding hydrogens is 1040 g/mol. The summed E-state index contributed by atoms with van der Waals surface area (Å²) in [5.41, 5.74) is -11.4. The van der Waals surface area contributed by atoms with Crippen molar-refractivity contribution >= 4 is 92.6 Å². The van der Waals surface area contributed by atoms with Crippen LogP contribution in [0.2, 0.25) is 0 Å². The zero-order valence-electron chi connectivity index (χ0n) is 38.5. The first kappa shape index (κ1) is 50.9. The molecule has 0 aliphatic carbocycles. The van der Waals surface area contributed by atoms with Gasteiger partial charge in [0, 0.05) is 56.0 Å². The van der Waals surface area contributed by atoms with E-state index in [1.807, 2.05) is 0 Å². The van der Waals surface area contributed by atoms with Gasteiger partial charge in [-0.1, -0.05) is 60.7 Å². The number of imide groups is 2. The molecule has 0 bridgehead atoms. The second-order valence-electron chi connectivity index (χ2n) is 17.2. The average molecular weight is 1070 g/mol. The largest absolute Gasteiger partial charge is 0.478 e. The van der Waals surface area contributed by atoms with Gasteiger partial charge in [-0.15, -0.1) is 0 Å². The van der Waals surface area contributed by atoms with Crippen LogP contribution >= 0.6 is 0 Å². The van der Waals surface area contributed by atoms with Gasteiger partial charge in [-0.3, -0.25) is 19.2 Å². The van der Waals surface area contributed by atoms with Gasteiger partial charge < -0.3 is 20.4 Å². The molecule has 0 saturated heterocycles. The molecule has 14 nitrogen and oxygen atoms in total. The number of carbonyl (C=O) groups excluding carboxylic acids is 4. The molecule has 0 saturated carbocycles. The zero-order valence-corrected chi connectivity index (χ0v) is 38.5. The third kappa shape index (κ3) is 7.71. The van der Waals surface area contributed by atoms with Crippen LogP contribution in [0.15, 0.2) is 109 Å². The number of carboxylic acids is 4. The van der Waals surface area contributed by atoms with Crippen LogP contribution in [-0.4, -0.2) is 67.9 Å². The van der Waals surface area contributed by atoms with Gasteiger partial charge in [-0.2, -0.15) is 0 Å². The molecule has 78 heavy (non-hydrogen) atoms. The number of hydrogen-bond donors (Lipinski definition) is 4. The SMILES string of the molecule is O=C(O)/C=C/c1ccc(-c2ccc3c4c(ccc(C(=O)O)c24)C(=O)N(c2c(F)c(F)c(-c4c(F)c(F)c(N5C(=O)c6ccc(C(=O)O)c7c(-c8ccc(/C=C/C(=O)O)cc8)ccc(c67)C5=O)c(F)c4F)c(F)c2F)C3=O)cc1. The van der Waals surface area contributed by atoms with Crippen molar-refractivity contribution in [3.05, 3.63) is 200 Å². The Balaban J connectivity index is 1.05. The van der Waals surface area contributed by atoms with Gasteiger partial charge in [0.15, 0.2) is 46.5 Å². The molecule has 0 atom stereocenters. The molecule has 2 heterocycles. The van der Waals surface area contributed by atoms with E-state index in [2.05, 4.69) is 0 Å². The summed E-state index contributed by atoms with van der Waals surface area (Å²) in [7, 11) is 0. The molecule has 0 fully saturated rings. The van der Waals surface area contributed by atoms with Gasteiger partial charge in [0.1, 0.15) is 11.4 Å². The molecule has 0 unspecified atom stereocenters. The van der Waals surface area contributed by atoms with Crippen LogP contribution in [-0.2, 0) is 9.59 Å². The van der Waals surface area contributed by atoms with E-state index in [0.717, 1.165) is 48.6 Å². The number of rotatable bonds is 11. The van der Waals surface area contributed by atoms with E-state index in [1.54, 1.807) is 0 Å². The summed E-state index contributed by atoms with van der Waals surface area (Å²) >= 11 is 0. The van der Waals surface area contributed by atoms with Crippen LogP contribution in [0.1, 0.15) is 73.3 Å². The molecule has 0 radical (unpaired) electrons. The highest BCUT2D eigenvalue weighted by molar-refractivity contribution is 6.39. The van der Waals surface area contributed by atoms with E-state index in [4.69, 9.17) is 10.2 Å². The molecule has 22 heteroatoms. The Kier molecular flexibility index (Phi) is 12.1. The van der Waals surface area contributed by atoms with E-state index in [1.165, 1.54) is 72.8 Å². The van der Waals surface area contributed by atoms with Crippen molar-refractivity contribution in [2.45, 2.75) is 0 Å². The van der Waals surface area contributed by atoms with Crippen molar-refractivity contribution < 1.29 is 93.9 Å². The zero-order chi connectivity index (χ0) is 56.1. The fourth-order valence-corrected chi connectivity index (χ4v) is 9.57. The Labute approximate surface area is 428 Å². The molecule has 386 valence electrons. The molecule has 0 spiro atoms. The number of aromatic carboxylic acids is 2. The lowest BCUT2D eigenvalue weighted by Gasteiger charge is -2.30. The minimum Gasteiger partial charge on any atom is -0.478 e. The number of amides is 4. The van der Waals surface area contributed by atoms with Crippen LogP contribution in [0.3, 0.4) is 0 Å². The van der Waals surface area contributed by atoms with Crippen LogP contribution in [0.4, 0.5) is 46.5 Å². The smallest absolute Gasteiger partial charge is 0.336 e. The molecule has 8 aromatic carbocycles. The fourth-order valence-electron chi connectivity index (χ4n) is 9.57. The molecule has 2 aliphatic heterocycles. The topological polar surface area (TPSA) is 224 Å². The first-order valence-corrected chi connectivity index (χ1v) is 22.2. The first-order chi connectivity index (χ1) is 37.0. The Bertz CT molecular complexity index is 3860. The summed E-state index contributed by atoms with van der Waals surface area (Å²) in [6.07, 6.45) is 4.17. The van der Waals surface area contributed by atoms with Crippen molar-refractivity contribution in [2.24, 2.45) is 0 Å². The summed E-state index contributed by atoms with van der Waals surface area (Å²) in [5, 5.41) is 36.9. The molecule has 8 aromatic rings. The van der Waals surface area contributed by atoms with Crippen molar-refractivity contribution in [1.82, 2.24) is 0 Å². The average Bonchev–Trinajstić information content (AvgIpc) is 3.62. The normalized spacial score (nSPS) is 13.2. The summed E-state index contributed by atoms with van der Waals surface area (Å²) in [5.74, 6) is -34.7. The van der Waals surface area contributed by atoms with Crippen molar-refractivity contribution in [1.29, 1.82) is 0 Å². The quantitative estimate of drug-likeness (QED) is 0.0411. The maximum absolute atomic E-state index is 16.4. The van der Waals surface area contributed by atoms with Crippen molar-refractivity contribution in [3.8, 4) is 33.4 Å².